The van der Waals surface area contributed by atoms with E-state index in [1.807, 2.05) is 36.6 Å². The Kier molecular flexibility index (Phi) is 5.20. The fourth-order valence-electron chi connectivity index (χ4n) is 2.66. The maximum atomic E-state index is 12.3. The summed E-state index contributed by atoms with van der Waals surface area (Å²) in [5.74, 6) is -0.185. The molecule has 0 atom stereocenters. The van der Waals surface area contributed by atoms with E-state index in [2.05, 4.69) is 30.5 Å². The second-order valence-electron chi connectivity index (χ2n) is 6.27. The minimum Gasteiger partial charge on any atom is -0.350 e. The van der Waals surface area contributed by atoms with Crippen molar-refractivity contribution in [3.05, 3.63) is 71.3 Å². The predicted octanol–water partition coefficient (Wildman–Crippen LogP) is 3.27. The molecule has 4 aromatic rings. The molecule has 0 aliphatic rings. The van der Waals surface area contributed by atoms with Crippen LogP contribution in [0.25, 0.3) is 22.0 Å². The Labute approximate surface area is 165 Å². The van der Waals surface area contributed by atoms with Crippen molar-refractivity contribution in [2.45, 2.75) is 13.3 Å². The van der Waals surface area contributed by atoms with Crippen molar-refractivity contribution in [1.82, 2.24) is 30.5 Å². The van der Waals surface area contributed by atoms with E-state index in [1.54, 1.807) is 24.7 Å². The van der Waals surface area contributed by atoms with Gasteiger partial charge < -0.3 is 5.32 Å². The van der Waals surface area contributed by atoms with Gasteiger partial charge >= 0.3 is 0 Å². The summed E-state index contributed by atoms with van der Waals surface area (Å²) < 4.78 is 0. The van der Waals surface area contributed by atoms with E-state index in [1.165, 1.54) is 16.9 Å². The zero-order valence-electron chi connectivity index (χ0n) is 15.2. The standard InChI is InChI=1S/C20H18N6OS/c1-13-2-4-14(5-3-13)16-10-17(26-25-16)19(27)23-7-6-15-12-28-20(24-15)18-11-21-8-9-22-18/h2-5,8-12H,6-7H2,1H3,(H,23,27)(H,25,26). The van der Waals surface area contributed by atoms with Gasteiger partial charge in [0.15, 0.2) is 0 Å². The second kappa shape index (κ2) is 8.10. The van der Waals surface area contributed by atoms with Gasteiger partial charge in [-0.3, -0.25) is 19.9 Å². The number of aromatic amines is 1. The third-order valence-corrected chi connectivity index (χ3v) is 5.08. The van der Waals surface area contributed by atoms with Crippen LogP contribution in [0.4, 0.5) is 0 Å². The topological polar surface area (TPSA) is 96.5 Å². The number of nitrogens with zero attached hydrogens (tertiary/aromatic N) is 4. The van der Waals surface area contributed by atoms with Gasteiger partial charge in [0.05, 0.1) is 17.6 Å². The molecule has 1 amide bonds. The molecule has 1 aromatic carbocycles. The SMILES string of the molecule is Cc1ccc(-c2cc(C(=O)NCCc3csc(-c4cnccn4)n3)[nH]n2)cc1. The molecule has 140 valence electrons. The summed E-state index contributed by atoms with van der Waals surface area (Å²) in [6.45, 7) is 2.52. The largest absolute Gasteiger partial charge is 0.350 e. The number of thiazole rings is 1. The summed E-state index contributed by atoms with van der Waals surface area (Å²) in [5.41, 5.74) is 5.01. The quantitative estimate of drug-likeness (QED) is 0.527. The Morgan fingerprint density at radius 3 is 2.82 bits per heavy atom. The molecule has 0 unspecified atom stereocenters. The molecule has 7 nitrogen and oxygen atoms in total. The third-order valence-electron chi connectivity index (χ3n) is 4.17. The number of rotatable bonds is 6. The molecule has 0 fully saturated rings. The molecule has 8 heteroatoms. The lowest BCUT2D eigenvalue weighted by Gasteiger charge is -2.01. The first kappa shape index (κ1) is 18.0. The molecule has 4 rings (SSSR count). The molecule has 0 saturated heterocycles. The number of nitrogens with one attached hydrogen (secondary N) is 2. The smallest absolute Gasteiger partial charge is 0.269 e. The van der Waals surface area contributed by atoms with Crippen LogP contribution in [0.15, 0.2) is 54.3 Å². The van der Waals surface area contributed by atoms with Crippen molar-refractivity contribution in [3.8, 4) is 22.0 Å². The summed E-state index contributed by atoms with van der Waals surface area (Å²) in [6.07, 6.45) is 5.61. The Bertz CT molecular complexity index is 1070. The van der Waals surface area contributed by atoms with Crippen LogP contribution in [-0.4, -0.2) is 37.6 Å². The minimum absolute atomic E-state index is 0.185. The lowest BCUT2D eigenvalue weighted by Crippen LogP contribution is -2.26. The van der Waals surface area contributed by atoms with Crippen LogP contribution in [0.3, 0.4) is 0 Å². The van der Waals surface area contributed by atoms with Crippen LogP contribution in [0.2, 0.25) is 0 Å². The van der Waals surface area contributed by atoms with Gasteiger partial charge in [0.2, 0.25) is 0 Å². The van der Waals surface area contributed by atoms with Crippen LogP contribution < -0.4 is 5.32 Å². The molecular weight excluding hydrogens is 372 g/mol. The van der Waals surface area contributed by atoms with Crippen molar-refractivity contribution in [2.24, 2.45) is 0 Å². The molecule has 2 N–H and O–H groups in total. The highest BCUT2D eigenvalue weighted by Crippen LogP contribution is 2.21. The highest BCUT2D eigenvalue weighted by molar-refractivity contribution is 7.13. The predicted molar refractivity (Wildman–Crippen MR) is 108 cm³/mol. The third kappa shape index (κ3) is 4.12. The second-order valence-corrected chi connectivity index (χ2v) is 7.13. The van der Waals surface area contributed by atoms with Crippen LogP contribution in [0.5, 0.6) is 0 Å². The first-order chi connectivity index (χ1) is 13.7. The van der Waals surface area contributed by atoms with Gasteiger partial charge in [-0.25, -0.2) is 4.98 Å². The molecule has 0 radical (unpaired) electrons. The van der Waals surface area contributed by atoms with Crippen LogP contribution in [-0.2, 0) is 6.42 Å². The molecule has 0 bridgehead atoms. The van der Waals surface area contributed by atoms with Gasteiger partial charge in [0.1, 0.15) is 16.4 Å². The van der Waals surface area contributed by atoms with Gasteiger partial charge in [-0.15, -0.1) is 11.3 Å². The normalized spacial score (nSPS) is 10.8. The fraction of sp³-hybridized carbons (Fsp3) is 0.150. The summed E-state index contributed by atoms with van der Waals surface area (Å²) in [6, 6.07) is 9.78. The number of hydrogen-bond acceptors (Lipinski definition) is 6. The van der Waals surface area contributed by atoms with Crippen molar-refractivity contribution >= 4 is 17.2 Å². The Morgan fingerprint density at radius 1 is 1.18 bits per heavy atom. The summed E-state index contributed by atoms with van der Waals surface area (Å²) in [5, 5.41) is 12.7. The van der Waals surface area contributed by atoms with Gasteiger partial charge in [0, 0.05) is 36.3 Å². The van der Waals surface area contributed by atoms with E-state index in [9.17, 15) is 4.79 Å². The molecule has 0 spiro atoms. The first-order valence-corrected chi connectivity index (χ1v) is 9.68. The Balaban J connectivity index is 1.33. The van der Waals surface area contributed by atoms with Gasteiger partial charge in [-0.2, -0.15) is 5.10 Å². The fourth-order valence-corrected chi connectivity index (χ4v) is 3.47. The van der Waals surface area contributed by atoms with Crippen LogP contribution in [0, 0.1) is 6.92 Å². The van der Waals surface area contributed by atoms with Crippen molar-refractivity contribution in [2.75, 3.05) is 6.54 Å². The lowest BCUT2D eigenvalue weighted by molar-refractivity contribution is 0.0949. The van der Waals surface area contributed by atoms with E-state index in [0.29, 0.717) is 18.7 Å². The van der Waals surface area contributed by atoms with E-state index in [-0.39, 0.29) is 5.91 Å². The average molecular weight is 390 g/mol. The number of benzene rings is 1. The molecular formula is C20H18N6OS. The lowest BCUT2D eigenvalue weighted by atomic mass is 10.1. The first-order valence-electron chi connectivity index (χ1n) is 8.80. The number of hydrogen-bond donors (Lipinski definition) is 2. The molecule has 28 heavy (non-hydrogen) atoms. The molecule has 3 aromatic heterocycles. The molecule has 0 aliphatic heterocycles. The number of carbonyl (C=O) groups excluding carboxylic acids is 1. The number of aryl methyl sites for hydroxylation is 1. The maximum absolute atomic E-state index is 12.3. The average Bonchev–Trinajstić information content (AvgIpc) is 3.39. The van der Waals surface area contributed by atoms with Crippen molar-refractivity contribution < 1.29 is 4.79 Å². The van der Waals surface area contributed by atoms with Crippen LogP contribution in [0.1, 0.15) is 21.7 Å². The van der Waals surface area contributed by atoms with E-state index >= 15 is 0 Å². The maximum Gasteiger partial charge on any atom is 0.269 e. The number of amides is 1. The van der Waals surface area contributed by atoms with E-state index in [0.717, 1.165) is 27.7 Å². The Hall–Kier alpha value is -3.39. The molecule has 0 saturated carbocycles. The summed E-state index contributed by atoms with van der Waals surface area (Å²) in [7, 11) is 0. The number of H-pyrrole nitrogens is 1. The molecule has 3 heterocycles. The summed E-state index contributed by atoms with van der Waals surface area (Å²) in [4.78, 5) is 25.2. The minimum atomic E-state index is -0.185. The summed E-state index contributed by atoms with van der Waals surface area (Å²) >= 11 is 1.52. The van der Waals surface area contributed by atoms with Crippen molar-refractivity contribution in [3.63, 3.8) is 0 Å². The zero-order valence-corrected chi connectivity index (χ0v) is 16.0. The van der Waals surface area contributed by atoms with Gasteiger partial charge in [-0.1, -0.05) is 29.8 Å². The van der Waals surface area contributed by atoms with Gasteiger partial charge in [-0.05, 0) is 13.0 Å². The van der Waals surface area contributed by atoms with Crippen molar-refractivity contribution in [1.29, 1.82) is 0 Å². The van der Waals surface area contributed by atoms with Gasteiger partial charge in [0.25, 0.3) is 5.91 Å². The zero-order chi connectivity index (χ0) is 19.3. The number of aromatic nitrogens is 5. The highest BCUT2D eigenvalue weighted by atomic mass is 32.1. The van der Waals surface area contributed by atoms with E-state index in [4.69, 9.17) is 0 Å². The highest BCUT2D eigenvalue weighted by Gasteiger charge is 2.11. The Morgan fingerprint density at radius 2 is 2.04 bits per heavy atom. The number of carbonyl (C=O) groups is 1. The molecule has 0 aliphatic carbocycles. The van der Waals surface area contributed by atoms with E-state index < -0.39 is 0 Å². The van der Waals surface area contributed by atoms with Crippen LogP contribution >= 0.6 is 11.3 Å². The monoisotopic (exact) mass is 390 g/mol.